The van der Waals surface area contributed by atoms with Gasteiger partial charge in [-0.25, -0.2) is 4.98 Å². The summed E-state index contributed by atoms with van der Waals surface area (Å²) < 4.78 is 7.37. The third kappa shape index (κ3) is 3.24. The molecule has 3 aromatic rings. The van der Waals surface area contributed by atoms with Gasteiger partial charge in [-0.3, -0.25) is 9.89 Å². The number of ether oxygens (including phenoxy) is 1. The van der Waals surface area contributed by atoms with Crippen LogP contribution in [0, 0.1) is 11.8 Å². The molecule has 0 spiro atoms. The highest BCUT2D eigenvalue weighted by Gasteiger charge is 2.39. The fourth-order valence-corrected chi connectivity index (χ4v) is 4.03. The van der Waals surface area contributed by atoms with Gasteiger partial charge >= 0.3 is 0 Å². The zero-order valence-electron chi connectivity index (χ0n) is 15.1. The third-order valence-corrected chi connectivity index (χ3v) is 5.59. The van der Waals surface area contributed by atoms with E-state index in [0.717, 1.165) is 11.3 Å². The van der Waals surface area contributed by atoms with Gasteiger partial charge in [0.2, 0.25) is 0 Å². The van der Waals surface area contributed by atoms with Crippen LogP contribution in [0.5, 0.6) is 0 Å². The molecule has 2 aliphatic rings. The predicted octanol–water partition coefficient (Wildman–Crippen LogP) is 3.69. The number of aromatic amines is 1. The first-order valence-corrected chi connectivity index (χ1v) is 9.82. The Labute approximate surface area is 166 Å². The molecule has 0 aliphatic heterocycles. The first kappa shape index (κ1) is 17.3. The summed E-state index contributed by atoms with van der Waals surface area (Å²) >= 11 is 6.47. The monoisotopic (exact) mass is 394 g/mol. The van der Waals surface area contributed by atoms with Gasteiger partial charge < -0.3 is 4.74 Å². The highest BCUT2D eigenvalue weighted by molar-refractivity contribution is 6.22. The van der Waals surface area contributed by atoms with Gasteiger partial charge in [-0.1, -0.05) is 42.5 Å². The molecule has 7 heteroatoms. The van der Waals surface area contributed by atoms with Gasteiger partial charge in [-0.15, -0.1) is 11.6 Å². The topological polar surface area (TPSA) is 72.3 Å². The van der Waals surface area contributed by atoms with E-state index >= 15 is 0 Å². The molecule has 1 N–H and O–H groups in total. The van der Waals surface area contributed by atoms with Crippen molar-refractivity contribution in [2.24, 2.45) is 11.8 Å². The van der Waals surface area contributed by atoms with Crippen LogP contribution in [-0.2, 0) is 11.3 Å². The lowest BCUT2D eigenvalue weighted by Gasteiger charge is -2.25. The zero-order chi connectivity index (χ0) is 19.1. The highest BCUT2D eigenvalue weighted by Crippen LogP contribution is 2.45. The standard InChI is InChI=1S/C21H19ClN4O2/c22-16-7-4-8-17(19(16)13-9-10-13)28-12-15-11-18(27)26-21(23-15)24-20(25-26)14-5-2-1-3-6-14/h1-8,11,13,16,19H,9-10,12H2,(H,23,24,25). The number of halogens is 1. The number of H-pyrrole nitrogens is 1. The average molecular weight is 395 g/mol. The molecule has 2 aliphatic carbocycles. The number of nitrogens with one attached hydrogen (secondary N) is 1. The highest BCUT2D eigenvalue weighted by atomic mass is 35.5. The van der Waals surface area contributed by atoms with E-state index in [4.69, 9.17) is 16.3 Å². The molecule has 1 fully saturated rings. The minimum atomic E-state index is -0.218. The van der Waals surface area contributed by atoms with Gasteiger partial charge in [0.15, 0.2) is 5.82 Å². The average Bonchev–Trinajstić information content (AvgIpc) is 3.44. The van der Waals surface area contributed by atoms with Crippen LogP contribution in [0.4, 0.5) is 0 Å². The Bertz CT molecular complexity index is 1130. The molecular weight excluding hydrogens is 376 g/mol. The fourth-order valence-electron chi connectivity index (χ4n) is 3.62. The van der Waals surface area contributed by atoms with Crippen molar-refractivity contribution in [1.82, 2.24) is 19.6 Å². The molecular formula is C21H19ClN4O2. The van der Waals surface area contributed by atoms with Crippen LogP contribution < -0.4 is 5.56 Å². The SMILES string of the molecule is O=c1cc(COC2=CC=CC(Cl)C2C2CC2)nc2nc(-c3ccccc3)[nH]n12. The molecule has 1 aromatic carbocycles. The van der Waals surface area contributed by atoms with Gasteiger partial charge in [0, 0.05) is 17.5 Å². The molecule has 1 saturated carbocycles. The maximum absolute atomic E-state index is 12.5. The zero-order valence-corrected chi connectivity index (χ0v) is 15.8. The van der Waals surface area contributed by atoms with Crippen molar-refractivity contribution in [1.29, 1.82) is 0 Å². The maximum Gasteiger partial charge on any atom is 0.274 e. The molecule has 2 atom stereocenters. The summed E-state index contributed by atoms with van der Waals surface area (Å²) in [6, 6.07) is 11.1. The van der Waals surface area contributed by atoms with Crippen LogP contribution in [0.1, 0.15) is 18.5 Å². The number of nitrogens with zero attached hydrogens (tertiary/aromatic N) is 3. The molecule has 0 bridgehead atoms. The number of aromatic nitrogens is 4. The quantitative estimate of drug-likeness (QED) is 0.670. The number of alkyl halides is 1. The molecule has 0 radical (unpaired) electrons. The van der Waals surface area contributed by atoms with Gasteiger partial charge in [-0.05, 0) is 24.8 Å². The summed E-state index contributed by atoms with van der Waals surface area (Å²) in [5.41, 5.74) is 1.22. The van der Waals surface area contributed by atoms with Crippen LogP contribution in [0.15, 0.2) is 65.2 Å². The van der Waals surface area contributed by atoms with E-state index in [0.29, 0.717) is 23.2 Å². The molecule has 6 nitrogen and oxygen atoms in total. The van der Waals surface area contributed by atoms with Crippen LogP contribution in [0.25, 0.3) is 17.2 Å². The summed E-state index contributed by atoms with van der Waals surface area (Å²) in [6.45, 7) is 0.214. The third-order valence-electron chi connectivity index (χ3n) is 5.17. The van der Waals surface area contributed by atoms with E-state index in [1.165, 1.54) is 23.4 Å². The number of benzene rings is 1. The maximum atomic E-state index is 12.5. The number of rotatable bonds is 5. The van der Waals surface area contributed by atoms with E-state index in [9.17, 15) is 4.79 Å². The van der Waals surface area contributed by atoms with E-state index in [2.05, 4.69) is 15.1 Å². The van der Waals surface area contributed by atoms with E-state index in [1.54, 1.807) is 0 Å². The van der Waals surface area contributed by atoms with Crippen molar-refractivity contribution >= 4 is 17.4 Å². The van der Waals surface area contributed by atoms with Crippen molar-refractivity contribution in [2.75, 3.05) is 0 Å². The first-order chi connectivity index (χ1) is 13.7. The number of hydrogen-bond donors (Lipinski definition) is 1. The normalized spacial score (nSPS) is 21.7. The van der Waals surface area contributed by atoms with Gasteiger partial charge in [0.1, 0.15) is 12.4 Å². The Hall–Kier alpha value is -2.86. The molecule has 5 rings (SSSR count). The summed E-state index contributed by atoms with van der Waals surface area (Å²) in [4.78, 5) is 21.4. The smallest absolute Gasteiger partial charge is 0.274 e. The van der Waals surface area contributed by atoms with Crippen molar-refractivity contribution in [3.05, 3.63) is 76.4 Å². The summed E-state index contributed by atoms with van der Waals surface area (Å²) in [5, 5.41) is 2.95. The van der Waals surface area contributed by atoms with Crippen molar-refractivity contribution in [2.45, 2.75) is 24.8 Å². The first-order valence-electron chi connectivity index (χ1n) is 9.38. The lowest BCUT2D eigenvalue weighted by Crippen LogP contribution is -2.22. The number of hydrogen-bond acceptors (Lipinski definition) is 4. The molecule has 0 amide bonds. The van der Waals surface area contributed by atoms with Crippen LogP contribution in [-0.4, -0.2) is 25.0 Å². The Balaban J connectivity index is 1.40. The van der Waals surface area contributed by atoms with Crippen molar-refractivity contribution < 1.29 is 4.74 Å². The Kier molecular flexibility index (Phi) is 4.28. The number of fused-ring (bicyclic) bond motifs is 1. The lowest BCUT2D eigenvalue weighted by atomic mass is 9.93. The van der Waals surface area contributed by atoms with Crippen LogP contribution >= 0.6 is 11.6 Å². The summed E-state index contributed by atoms with van der Waals surface area (Å²) in [7, 11) is 0. The fraction of sp³-hybridized carbons (Fsp3) is 0.286. The Morgan fingerprint density at radius 3 is 2.82 bits per heavy atom. The van der Waals surface area contributed by atoms with Gasteiger partial charge in [0.05, 0.1) is 11.1 Å². The second kappa shape index (κ2) is 6.95. The summed E-state index contributed by atoms with van der Waals surface area (Å²) in [6.07, 6.45) is 8.27. The van der Waals surface area contributed by atoms with Crippen molar-refractivity contribution in [3.8, 4) is 11.4 Å². The molecule has 0 saturated heterocycles. The van der Waals surface area contributed by atoms with Gasteiger partial charge in [0.25, 0.3) is 11.3 Å². The molecule has 2 heterocycles. The van der Waals surface area contributed by atoms with Crippen LogP contribution in [0.3, 0.4) is 0 Å². The van der Waals surface area contributed by atoms with E-state index in [-0.39, 0.29) is 23.5 Å². The number of allylic oxidation sites excluding steroid dienone is 4. The lowest BCUT2D eigenvalue weighted by molar-refractivity contribution is 0.154. The Morgan fingerprint density at radius 1 is 1.21 bits per heavy atom. The van der Waals surface area contributed by atoms with E-state index < -0.39 is 0 Å². The van der Waals surface area contributed by atoms with E-state index in [1.807, 2.05) is 48.6 Å². The molecule has 2 aromatic heterocycles. The van der Waals surface area contributed by atoms with Crippen molar-refractivity contribution in [3.63, 3.8) is 0 Å². The second-order valence-electron chi connectivity index (χ2n) is 7.21. The van der Waals surface area contributed by atoms with Gasteiger partial charge in [-0.2, -0.15) is 9.50 Å². The Morgan fingerprint density at radius 2 is 2.04 bits per heavy atom. The van der Waals surface area contributed by atoms with Crippen LogP contribution in [0.2, 0.25) is 0 Å². The molecule has 2 unspecified atom stereocenters. The largest absolute Gasteiger partial charge is 0.491 e. The molecule has 28 heavy (non-hydrogen) atoms. The summed E-state index contributed by atoms with van der Waals surface area (Å²) in [5.74, 6) is 2.59. The minimum Gasteiger partial charge on any atom is -0.491 e. The minimum absolute atomic E-state index is 0.0478. The molecule has 142 valence electrons. The second-order valence-corrected chi connectivity index (χ2v) is 7.71. The predicted molar refractivity (Wildman–Crippen MR) is 107 cm³/mol.